The Morgan fingerprint density at radius 3 is 2.85 bits per heavy atom. The van der Waals surface area contributed by atoms with Crippen molar-refractivity contribution in [3.8, 4) is 11.5 Å². The predicted molar refractivity (Wildman–Crippen MR) is 146 cm³/mol. The van der Waals surface area contributed by atoms with Gasteiger partial charge in [-0.3, -0.25) is 14.5 Å². The molecule has 204 valence electrons. The molecule has 10 nitrogen and oxygen atoms in total. The lowest BCUT2D eigenvalue weighted by atomic mass is 9.85. The van der Waals surface area contributed by atoms with Gasteiger partial charge in [0, 0.05) is 61.6 Å². The number of carbonyl (C=O) groups is 2. The number of ether oxygens (including phenoxy) is 2. The Labute approximate surface area is 231 Å². The number of fused-ring (bicyclic) bond motifs is 5. The van der Waals surface area contributed by atoms with E-state index >= 15 is 0 Å². The number of imidazole rings is 1. The molecule has 1 N–H and O–H groups in total. The van der Waals surface area contributed by atoms with Gasteiger partial charge in [-0.1, -0.05) is 24.3 Å². The van der Waals surface area contributed by atoms with Gasteiger partial charge in [0.05, 0.1) is 12.6 Å². The topological polar surface area (TPSA) is 95.9 Å². The maximum Gasteiger partial charge on any atom is 0.246 e. The highest BCUT2D eigenvalue weighted by Gasteiger charge is 2.50. The van der Waals surface area contributed by atoms with Crippen LogP contribution < -0.4 is 9.47 Å². The van der Waals surface area contributed by atoms with Gasteiger partial charge in [-0.15, -0.1) is 0 Å². The number of hydrogen-bond acceptors (Lipinski definition) is 6. The van der Waals surface area contributed by atoms with Crippen molar-refractivity contribution in [3.63, 3.8) is 0 Å². The number of nitrogens with one attached hydrogen (secondary N) is 1. The smallest absolute Gasteiger partial charge is 0.246 e. The zero-order chi connectivity index (χ0) is 27.0. The number of aromatic amines is 1. The summed E-state index contributed by atoms with van der Waals surface area (Å²) in [4.78, 5) is 42.3. The molecule has 0 aliphatic carbocycles. The molecule has 2 fully saturated rings. The third-order valence-corrected chi connectivity index (χ3v) is 8.98. The van der Waals surface area contributed by atoms with Crippen LogP contribution in [0.25, 0.3) is 10.9 Å². The SMILES string of the molecule is Cn1ccnc1CN1CC[C@H](N2CC(=O)N3[C@@H](c4ccc5c(c4)OCO5)c4[nH]c5ccccc5c4C[C@@H]3C2=O)C1. The average molecular weight is 539 g/mol. The van der Waals surface area contributed by atoms with Crippen LogP contribution in [0.4, 0.5) is 0 Å². The molecular formula is C30H30N6O4. The summed E-state index contributed by atoms with van der Waals surface area (Å²) in [6.07, 6.45) is 5.09. The van der Waals surface area contributed by atoms with Crippen molar-refractivity contribution in [1.82, 2.24) is 29.2 Å². The summed E-state index contributed by atoms with van der Waals surface area (Å²) in [6, 6.07) is 13.0. The Hall–Kier alpha value is -4.31. The molecule has 0 radical (unpaired) electrons. The summed E-state index contributed by atoms with van der Waals surface area (Å²) < 4.78 is 13.2. The summed E-state index contributed by atoms with van der Waals surface area (Å²) in [5.41, 5.74) is 3.98. The molecule has 10 heteroatoms. The van der Waals surface area contributed by atoms with Gasteiger partial charge >= 0.3 is 0 Å². The largest absolute Gasteiger partial charge is 0.454 e. The van der Waals surface area contributed by atoms with Crippen LogP contribution in [0.15, 0.2) is 54.9 Å². The number of aromatic nitrogens is 3. The Balaban J connectivity index is 1.14. The number of carbonyl (C=O) groups excluding carboxylic acids is 2. The number of nitrogens with zero attached hydrogens (tertiary/aromatic N) is 5. The number of rotatable bonds is 4. The monoisotopic (exact) mass is 538 g/mol. The van der Waals surface area contributed by atoms with Crippen molar-refractivity contribution in [2.24, 2.45) is 7.05 Å². The third kappa shape index (κ3) is 3.55. The molecule has 2 aromatic carbocycles. The van der Waals surface area contributed by atoms with Crippen molar-refractivity contribution in [2.75, 3.05) is 26.4 Å². The fourth-order valence-electron chi connectivity index (χ4n) is 6.98. The Bertz CT molecular complexity index is 1660. The summed E-state index contributed by atoms with van der Waals surface area (Å²) >= 11 is 0. The number of piperazine rings is 1. The van der Waals surface area contributed by atoms with E-state index in [0.29, 0.717) is 17.9 Å². The van der Waals surface area contributed by atoms with Crippen LogP contribution in [0.2, 0.25) is 0 Å². The molecule has 3 atom stereocenters. The van der Waals surface area contributed by atoms with Gasteiger partial charge in [0.2, 0.25) is 18.6 Å². The second kappa shape index (κ2) is 8.85. The van der Waals surface area contributed by atoms with Crippen molar-refractivity contribution in [3.05, 3.63) is 77.5 Å². The van der Waals surface area contributed by atoms with Crippen LogP contribution in [-0.4, -0.2) is 79.6 Å². The van der Waals surface area contributed by atoms with Crippen LogP contribution in [0.5, 0.6) is 11.5 Å². The molecule has 6 heterocycles. The lowest BCUT2D eigenvalue weighted by molar-refractivity contribution is -0.160. The van der Waals surface area contributed by atoms with E-state index in [1.807, 2.05) is 70.2 Å². The molecule has 2 amide bonds. The first-order chi connectivity index (χ1) is 19.5. The fourth-order valence-corrected chi connectivity index (χ4v) is 6.98. The van der Waals surface area contributed by atoms with Gasteiger partial charge in [-0.2, -0.15) is 0 Å². The Kier molecular flexibility index (Phi) is 5.22. The van der Waals surface area contributed by atoms with Crippen LogP contribution in [-0.2, 0) is 29.6 Å². The van der Waals surface area contributed by atoms with Gasteiger partial charge in [-0.05, 0) is 35.7 Å². The molecule has 2 aromatic heterocycles. The average Bonchev–Trinajstić information content (AvgIpc) is 3.76. The molecule has 8 rings (SSSR count). The van der Waals surface area contributed by atoms with Crippen LogP contribution >= 0.6 is 0 Å². The predicted octanol–water partition coefficient (Wildman–Crippen LogP) is 2.59. The minimum Gasteiger partial charge on any atom is -0.454 e. The van der Waals surface area contributed by atoms with E-state index in [1.165, 1.54) is 0 Å². The quantitative estimate of drug-likeness (QED) is 0.429. The first-order valence-electron chi connectivity index (χ1n) is 13.8. The van der Waals surface area contributed by atoms with E-state index in [9.17, 15) is 9.59 Å². The molecular weight excluding hydrogens is 508 g/mol. The lowest BCUT2D eigenvalue weighted by Crippen LogP contribution is -2.65. The minimum atomic E-state index is -0.563. The second-order valence-corrected chi connectivity index (χ2v) is 11.2. The van der Waals surface area contributed by atoms with E-state index in [4.69, 9.17) is 9.47 Å². The van der Waals surface area contributed by atoms with Crippen molar-refractivity contribution < 1.29 is 19.1 Å². The van der Waals surface area contributed by atoms with Crippen LogP contribution in [0, 0.1) is 0 Å². The number of benzene rings is 2. The Morgan fingerprint density at radius 1 is 1.10 bits per heavy atom. The number of para-hydroxylation sites is 1. The van der Waals surface area contributed by atoms with Gasteiger partial charge in [0.1, 0.15) is 18.4 Å². The Morgan fingerprint density at radius 2 is 1.98 bits per heavy atom. The lowest BCUT2D eigenvalue weighted by Gasteiger charge is -2.48. The maximum atomic E-state index is 14.2. The number of hydrogen-bond donors (Lipinski definition) is 1. The maximum absolute atomic E-state index is 14.2. The number of amides is 2. The zero-order valence-corrected chi connectivity index (χ0v) is 22.2. The van der Waals surface area contributed by atoms with E-state index in [2.05, 4.69) is 20.9 Å². The summed E-state index contributed by atoms with van der Waals surface area (Å²) in [5.74, 6) is 2.35. The minimum absolute atomic E-state index is 0.00669. The molecule has 40 heavy (non-hydrogen) atoms. The molecule has 0 spiro atoms. The second-order valence-electron chi connectivity index (χ2n) is 11.2. The first kappa shape index (κ1) is 23.6. The van der Waals surface area contributed by atoms with Crippen LogP contribution in [0.3, 0.4) is 0 Å². The fraction of sp³-hybridized carbons (Fsp3) is 0.367. The van der Waals surface area contributed by atoms with Gasteiger partial charge in [0.15, 0.2) is 11.5 Å². The molecule has 2 saturated heterocycles. The van der Waals surface area contributed by atoms with Gasteiger partial charge in [-0.25, -0.2) is 4.98 Å². The highest BCUT2D eigenvalue weighted by molar-refractivity contribution is 5.98. The normalized spacial score (nSPS) is 24.2. The standard InChI is InChI=1S/C30H30N6O4/c1-33-11-9-31-26(33)15-34-10-8-19(14-34)35-16-27(37)36-23(30(35)38)13-21-20-4-2-3-5-22(20)32-28(21)29(36)18-6-7-24-25(12-18)40-17-39-24/h2-7,9,11-12,19,23,29,32H,8,10,13-17H2,1H3/t19-,23+,29-/m0/s1. The van der Waals surface area contributed by atoms with E-state index < -0.39 is 12.1 Å². The molecule has 4 aliphatic heterocycles. The number of aryl methyl sites for hydroxylation is 1. The highest BCUT2D eigenvalue weighted by Crippen LogP contribution is 2.45. The van der Waals surface area contributed by atoms with Crippen LogP contribution in [0.1, 0.15) is 35.1 Å². The molecule has 4 aliphatic rings. The molecule has 4 aromatic rings. The summed E-state index contributed by atoms with van der Waals surface area (Å²) in [7, 11) is 2.00. The van der Waals surface area contributed by atoms with Gasteiger partial charge < -0.3 is 28.8 Å². The number of likely N-dealkylation sites (tertiary alicyclic amines) is 1. The van der Waals surface area contributed by atoms with Gasteiger partial charge in [0.25, 0.3) is 0 Å². The summed E-state index contributed by atoms with van der Waals surface area (Å²) in [6.45, 7) is 2.61. The van der Waals surface area contributed by atoms with Crippen molar-refractivity contribution >= 4 is 22.7 Å². The zero-order valence-electron chi connectivity index (χ0n) is 22.2. The van der Waals surface area contributed by atoms with E-state index in [1.54, 1.807) is 0 Å². The van der Waals surface area contributed by atoms with E-state index in [0.717, 1.165) is 59.6 Å². The highest BCUT2D eigenvalue weighted by atomic mass is 16.7. The molecule has 0 unspecified atom stereocenters. The van der Waals surface area contributed by atoms with E-state index in [-0.39, 0.29) is 31.2 Å². The molecule has 0 saturated carbocycles. The number of H-pyrrole nitrogens is 1. The summed E-state index contributed by atoms with van der Waals surface area (Å²) in [5, 5.41) is 1.10. The van der Waals surface area contributed by atoms with Crippen molar-refractivity contribution in [2.45, 2.75) is 37.5 Å². The molecule has 0 bridgehead atoms. The first-order valence-corrected chi connectivity index (χ1v) is 13.8. The van der Waals surface area contributed by atoms with Crippen molar-refractivity contribution in [1.29, 1.82) is 0 Å². The third-order valence-electron chi connectivity index (χ3n) is 8.98.